The highest BCUT2D eigenvalue weighted by atomic mass is 16.5. The number of hydrogen-bond donors (Lipinski definition) is 0. The molecule has 0 fully saturated rings. The number of carbonyl (C=O) groups is 2. The van der Waals surface area contributed by atoms with Crippen molar-refractivity contribution in [3.8, 4) is 0 Å². The van der Waals surface area contributed by atoms with Crippen molar-refractivity contribution in [2.45, 2.75) is 34.2 Å². The summed E-state index contributed by atoms with van der Waals surface area (Å²) in [5.41, 5.74) is 0.394. The van der Waals surface area contributed by atoms with E-state index in [4.69, 9.17) is 9.15 Å². The Balaban J connectivity index is 2.84. The van der Waals surface area contributed by atoms with Gasteiger partial charge in [-0.1, -0.05) is 20.8 Å². The molecular formula is C15H23NO4. The average molecular weight is 281 g/mol. The first-order chi connectivity index (χ1) is 9.27. The molecule has 1 atom stereocenters. The molecule has 1 unspecified atom stereocenters. The van der Waals surface area contributed by atoms with E-state index >= 15 is 0 Å². The third-order valence-corrected chi connectivity index (χ3v) is 3.01. The van der Waals surface area contributed by atoms with Crippen LogP contribution >= 0.6 is 0 Å². The van der Waals surface area contributed by atoms with Crippen molar-refractivity contribution >= 4 is 11.9 Å². The molecule has 112 valence electrons. The van der Waals surface area contributed by atoms with Gasteiger partial charge in [0.15, 0.2) is 0 Å². The minimum absolute atomic E-state index is 0.239. The Morgan fingerprint density at radius 1 is 1.40 bits per heavy atom. The number of nitrogens with zero attached hydrogens (tertiary/aromatic N) is 1. The lowest BCUT2D eigenvalue weighted by atomic mass is 9.79. The Morgan fingerprint density at radius 3 is 2.50 bits per heavy atom. The molecule has 1 heterocycles. The SMILES string of the molecule is CCOC(=O)C(C(=O)N(C)Cc1ccoc1)C(C)(C)C. The van der Waals surface area contributed by atoms with Crippen LogP contribution in [-0.4, -0.2) is 30.4 Å². The van der Waals surface area contributed by atoms with Crippen LogP contribution in [0.25, 0.3) is 0 Å². The van der Waals surface area contributed by atoms with E-state index in [2.05, 4.69) is 0 Å². The predicted octanol–water partition coefficient (Wildman–Crippen LogP) is 2.46. The number of carbonyl (C=O) groups excluding carboxylic acids is 2. The van der Waals surface area contributed by atoms with Gasteiger partial charge in [-0.3, -0.25) is 9.59 Å². The Kier molecular flexibility index (Phi) is 5.36. The Labute approximate surface area is 119 Å². The molecule has 0 saturated carbocycles. The summed E-state index contributed by atoms with van der Waals surface area (Å²) < 4.78 is 10.0. The van der Waals surface area contributed by atoms with Gasteiger partial charge in [-0.25, -0.2) is 0 Å². The van der Waals surface area contributed by atoms with Crippen LogP contribution in [0.4, 0.5) is 0 Å². The highest BCUT2D eigenvalue weighted by Crippen LogP contribution is 2.29. The molecule has 1 amide bonds. The summed E-state index contributed by atoms with van der Waals surface area (Å²) in [6, 6.07) is 1.79. The molecule has 0 saturated heterocycles. The second kappa shape index (κ2) is 6.59. The number of rotatable bonds is 5. The molecule has 0 aliphatic heterocycles. The zero-order valence-electron chi connectivity index (χ0n) is 12.8. The van der Waals surface area contributed by atoms with Gasteiger partial charge in [0.05, 0.1) is 19.1 Å². The summed E-state index contributed by atoms with van der Waals surface area (Å²) in [7, 11) is 1.67. The normalized spacial score (nSPS) is 12.8. The van der Waals surface area contributed by atoms with Crippen molar-refractivity contribution in [1.82, 2.24) is 4.90 Å². The van der Waals surface area contributed by atoms with Crippen LogP contribution in [0.15, 0.2) is 23.0 Å². The summed E-state index contributed by atoms with van der Waals surface area (Å²) in [6.07, 6.45) is 3.14. The largest absolute Gasteiger partial charge is 0.472 e. The molecule has 5 heteroatoms. The monoisotopic (exact) mass is 281 g/mol. The molecule has 5 nitrogen and oxygen atoms in total. The van der Waals surface area contributed by atoms with Gasteiger partial charge >= 0.3 is 5.97 Å². The zero-order chi connectivity index (χ0) is 15.3. The van der Waals surface area contributed by atoms with E-state index < -0.39 is 17.3 Å². The summed E-state index contributed by atoms with van der Waals surface area (Å²) in [4.78, 5) is 26.1. The molecule has 0 bridgehead atoms. The van der Waals surface area contributed by atoms with Crippen LogP contribution < -0.4 is 0 Å². The molecule has 0 aliphatic rings. The van der Waals surface area contributed by atoms with Gasteiger partial charge < -0.3 is 14.1 Å². The van der Waals surface area contributed by atoms with Crippen molar-refractivity contribution in [2.24, 2.45) is 11.3 Å². The van der Waals surface area contributed by atoms with Gasteiger partial charge in [0, 0.05) is 19.2 Å². The number of hydrogen-bond acceptors (Lipinski definition) is 4. The van der Waals surface area contributed by atoms with Crippen LogP contribution in [0, 0.1) is 11.3 Å². The topological polar surface area (TPSA) is 59.8 Å². The van der Waals surface area contributed by atoms with Crippen LogP contribution in [0.1, 0.15) is 33.3 Å². The first-order valence-electron chi connectivity index (χ1n) is 6.70. The van der Waals surface area contributed by atoms with Crippen LogP contribution in [0.2, 0.25) is 0 Å². The van der Waals surface area contributed by atoms with Crippen LogP contribution in [-0.2, 0) is 20.9 Å². The second-order valence-corrected chi connectivity index (χ2v) is 5.88. The molecule has 1 aromatic rings. The number of furan rings is 1. The molecule has 0 aliphatic carbocycles. The molecule has 0 radical (unpaired) electrons. The number of esters is 1. The highest BCUT2D eigenvalue weighted by molar-refractivity contribution is 5.98. The lowest BCUT2D eigenvalue weighted by Crippen LogP contribution is -2.44. The quantitative estimate of drug-likeness (QED) is 0.614. The van der Waals surface area contributed by atoms with E-state index in [1.54, 1.807) is 32.6 Å². The van der Waals surface area contributed by atoms with E-state index in [0.717, 1.165) is 5.56 Å². The van der Waals surface area contributed by atoms with Crippen LogP contribution in [0.3, 0.4) is 0 Å². The summed E-state index contributed by atoms with van der Waals surface area (Å²) in [5, 5.41) is 0. The fraction of sp³-hybridized carbons (Fsp3) is 0.600. The van der Waals surface area contributed by atoms with Crippen molar-refractivity contribution in [3.05, 3.63) is 24.2 Å². The second-order valence-electron chi connectivity index (χ2n) is 5.88. The first-order valence-corrected chi connectivity index (χ1v) is 6.70. The van der Waals surface area contributed by atoms with Gasteiger partial charge in [0.2, 0.25) is 5.91 Å². The predicted molar refractivity (Wildman–Crippen MR) is 74.8 cm³/mol. The smallest absolute Gasteiger partial charge is 0.319 e. The average Bonchev–Trinajstić information content (AvgIpc) is 2.80. The van der Waals surface area contributed by atoms with Crippen molar-refractivity contribution in [2.75, 3.05) is 13.7 Å². The standard InChI is InChI=1S/C15H23NO4/c1-6-20-14(18)12(15(2,3)4)13(17)16(5)9-11-7-8-19-10-11/h7-8,10,12H,6,9H2,1-5H3. The van der Waals surface area contributed by atoms with Gasteiger partial charge in [0.1, 0.15) is 5.92 Å². The van der Waals surface area contributed by atoms with Gasteiger partial charge in [-0.2, -0.15) is 0 Å². The van der Waals surface area contributed by atoms with Gasteiger partial charge in [-0.05, 0) is 18.4 Å². The van der Waals surface area contributed by atoms with E-state index in [1.807, 2.05) is 20.8 Å². The number of ether oxygens (including phenoxy) is 1. The van der Waals surface area contributed by atoms with E-state index in [1.165, 1.54) is 4.90 Å². The lowest BCUT2D eigenvalue weighted by molar-refractivity contribution is -0.160. The van der Waals surface area contributed by atoms with Crippen molar-refractivity contribution in [1.29, 1.82) is 0 Å². The Hall–Kier alpha value is -1.78. The van der Waals surface area contributed by atoms with E-state index in [-0.39, 0.29) is 12.5 Å². The maximum Gasteiger partial charge on any atom is 0.319 e. The van der Waals surface area contributed by atoms with E-state index in [0.29, 0.717) is 6.54 Å². The third-order valence-electron chi connectivity index (χ3n) is 3.01. The highest BCUT2D eigenvalue weighted by Gasteiger charge is 2.40. The van der Waals surface area contributed by atoms with E-state index in [9.17, 15) is 9.59 Å². The molecule has 20 heavy (non-hydrogen) atoms. The van der Waals surface area contributed by atoms with Crippen molar-refractivity contribution in [3.63, 3.8) is 0 Å². The maximum atomic E-state index is 12.5. The minimum atomic E-state index is -0.806. The van der Waals surface area contributed by atoms with Gasteiger partial charge in [-0.15, -0.1) is 0 Å². The molecule has 1 aromatic heterocycles. The maximum absolute atomic E-state index is 12.5. The molecular weight excluding hydrogens is 258 g/mol. The van der Waals surface area contributed by atoms with Crippen molar-refractivity contribution < 1.29 is 18.7 Å². The first kappa shape index (κ1) is 16.3. The molecule has 0 aromatic carbocycles. The third kappa shape index (κ3) is 4.11. The lowest BCUT2D eigenvalue weighted by Gasteiger charge is -2.31. The zero-order valence-corrected chi connectivity index (χ0v) is 12.8. The summed E-state index contributed by atoms with van der Waals surface area (Å²) in [6.45, 7) is 7.98. The van der Waals surface area contributed by atoms with Crippen LogP contribution in [0.5, 0.6) is 0 Å². The number of amides is 1. The summed E-state index contributed by atoms with van der Waals surface area (Å²) >= 11 is 0. The minimum Gasteiger partial charge on any atom is -0.472 e. The molecule has 0 N–H and O–H groups in total. The summed E-state index contributed by atoms with van der Waals surface area (Å²) in [5.74, 6) is -1.51. The fourth-order valence-electron chi connectivity index (χ4n) is 2.01. The molecule has 0 spiro atoms. The Bertz CT molecular complexity index is 445. The molecule has 1 rings (SSSR count). The Morgan fingerprint density at radius 2 is 2.05 bits per heavy atom. The van der Waals surface area contributed by atoms with Gasteiger partial charge in [0.25, 0.3) is 0 Å². The fourth-order valence-corrected chi connectivity index (χ4v) is 2.01.